The summed E-state index contributed by atoms with van der Waals surface area (Å²) in [5, 5.41) is 12.7. The van der Waals surface area contributed by atoms with Gasteiger partial charge in [0.25, 0.3) is 5.91 Å². The summed E-state index contributed by atoms with van der Waals surface area (Å²) in [5.74, 6) is -0.972. The number of carbonyl (C=O) groups is 2. The van der Waals surface area contributed by atoms with Crippen molar-refractivity contribution in [2.24, 2.45) is 0 Å². The highest BCUT2D eigenvalue weighted by Gasteiger charge is 2.18. The van der Waals surface area contributed by atoms with Crippen molar-refractivity contribution in [1.82, 2.24) is 5.32 Å². The van der Waals surface area contributed by atoms with Crippen LogP contribution >= 0.6 is 11.3 Å². The third-order valence-corrected chi connectivity index (χ3v) is 5.47. The molecule has 3 rings (SSSR count). The summed E-state index contributed by atoms with van der Waals surface area (Å²) in [4.78, 5) is 24.0. The molecule has 0 bridgehead atoms. The van der Waals surface area contributed by atoms with E-state index < -0.39 is 5.97 Å². The van der Waals surface area contributed by atoms with Gasteiger partial charge in [0.1, 0.15) is 0 Å². The maximum Gasteiger partial charge on any atom is 0.303 e. The third kappa shape index (κ3) is 4.29. The summed E-state index contributed by atoms with van der Waals surface area (Å²) in [5.41, 5.74) is 3.41. The molecule has 3 aromatic rings. The molecule has 26 heavy (non-hydrogen) atoms. The molecule has 0 saturated carbocycles. The molecule has 134 valence electrons. The minimum atomic E-state index is -0.846. The fourth-order valence-electron chi connectivity index (χ4n) is 2.89. The zero-order valence-electron chi connectivity index (χ0n) is 14.6. The van der Waals surface area contributed by atoms with Crippen LogP contribution in [0.5, 0.6) is 0 Å². The monoisotopic (exact) mass is 367 g/mol. The summed E-state index contributed by atoms with van der Waals surface area (Å²) < 4.78 is 1.09. The van der Waals surface area contributed by atoms with E-state index in [1.807, 2.05) is 18.2 Å². The van der Waals surface area contributed by atoms with E-state index in [0.717, 1.165) is 15.6 Å². The van der Waals surface area contributed by atoms with Gasteiger partial charge < -0.3 is 10.4 Å². The molecular weight excluding hydrogens is 346 g/mol. The SMILES string of the molecule is Cc1ccc(Cc2c(C(=O)NCCCC(=O)O)sc3ccccc23)cc1. The van der Waals surface area contributed by atoms with Crippen molar-refractivity contribution in [2.75, 3.05) is 6.54 Å². The number of carbonyl (C=O) groups excluding carboxylic acids is 1. The Morgan fingerprint density at radius 3 is 2.54 bits per heavy atom. The highest BCUT2D eigenvalue weighted by atomic mass is 32.1. The van der Waals surface area contributed by atoms with Crippen LogP contribution in [0.1, 0.15) is 39.2 Å². The van der Waals surface area contributed by atoms with Crippen molar-refractivity contribution in [3.05, 3.63) is 70.1 Å². The van der Waals surface area contributed by atoms with Crippen LogP contribution in [0.3, 0.4) is 0 Å². The predicted octanol–water partition coefficient (Wildman–Crippen LogP) is 4.40. The summed E-state index contributed by atoms with van der Waals surface area (Å²) in [6.45, 7) is 2.42. The van der Waals surface area contributed by atoms with Crippen molar-refractivity contribution >= 4 is 33.3 Å². The quantitative estimate of drug-likeness (QED) is 0.609. The topological polar surface area (TPSA) is 66.4 Å². The first-order valence-electron chi connectivity index (χ1n) is 8.60. The molecule has 1 aromatic heterocycles. The van der Waals surface area contributed by atoms with Crippen LogP contribution in [0.4, 0.5) is 0 Å². The van der Waals surface area contributed by atoms with Gasteiger partial charge in [-0.1, -0.05) is 48.0 Å². The summed E-state index contributed by atoms with van der Waals surface area (Å²) >= 11 is 1.49. The number of amides is 1. The Morgan fingerprint density at radius 2 is 1.81 bits per heavy atom. The number of benzene rings is 2. The molecule has 0 aliphatic rings. The fourth-order valence-corrected chi connectivity index (χ4v) is 4.03. The maximum atomic E-state index is 12.7. The molecule has 2 aromatic carbocycles. The van der Waals surface area contributed by atoms with Crippen molar-refractivity contribution in [3.8, 4) is 0 Å². The Bertz CT molecular complexity index is 928. The third-order valence-electron chi connectivity index (χ3n) is 4.26. The molecule has 0 fully saturated rings. The lowest BCUT2D eigenvalue weighted by Crippen LogP contribution is -2.25. The highest BCUT2D eigenvalue weighted by Crippen LogP contribution is 2.33. The number of carboxylic acids is 1. The van der Waals surface area contributed by atoms with Crippen molar-refractivity contribution in [2.45, 2.75) is 26.2 Å². The minimum Gasteiger partial charge on any atom is -0.481 e. The Morgan fingerprint density at radius 1 is 1.08 bits per heavy atom. The molecule has 0 unspecified atom stereocenters. The van der Waals surface area contributed by atoms with Crippen LogP contribution < -0.4 is 5.32 Å². The second-order valence-electron chi connectivity index (χ2n) is 6.32. The highest BCUT2D eigenvalue weighted by molar-refractivity contribution is 7.21. The van der Waals surface area contributed by atoms with Gasteiger partial charge in [-0.2, -0.15) is 0 Å². The van der Waals surface area contributed by atoms with Crippen LogP contribution in [0.25, 0.3) is 10.1 Å². The number of hydrogen-bond acceptors (Lipinski definition) is 3. The predicted molar refractivity (Wildman–Crippen MR) is 105 cm³/mol. The van der Waals surface area contributed by atoms with Gasteiger partial charge in [0.15, 0.2) is 0 Å². The van der Waals surface area contributed by atoms with Crippen molar-refractivity contribution in [1.29, 1.82) is 0 Å². The summed E-state index contributed by atoms with van der Waals surface area (Å²) in [7, 11) is 0. The first-order valence-corrected chi connectivity index (χ1v) is 9.42. The lowest BCUT2D eigenvalue weighted by atomic mass is 10.0. The van der Waals surface area contributed by atoms with Gasteiger partial charge in [-0.25, -0.2) is 0 Å². The van der Waals surface area contributed by atoms with Gasteiger partial charge in [-0.3, -0.25) is 9.59 Å². The standard InChI is InChI=1S/C21H21NO3S/c1-14-8-10-15(11-9-14)13-17-16-5-2-3-6-18(16)26-20(17)21(25)22-12-4-7-19(23)24/h2-3,5-6,8-11H,4,7,12-13H2,1H3,(H,22,25)(H,23,24). The van der Waals surface area contributed by atoms with Gasteiger partial charge >= 0.3 is 5.97 Å². The molecule has 2 N–H and O–H groups in total. The molecule has 5 heteroatoms. The van der Waals surface area contributed by atoms with E-state index in [1.165, 1.54) is 22.5 Å². The molecule has 0 saturated heterocycles. The zero-order chi connectivity index (χ0) is 18.5. The van der Waals surface area contributed by atoms with Crippen LogP contribution in [-0.4, -0.2) is 23.5 Å². The average Bonchev–Trinajstić information content (AvgIpc) is 2.99. The number of rotatable bonds is 7. The van der Waals surface area contributed by atoms with Gasteiger partial charge in [0.2, 0.25) is 0 Å². The smallest absolute Gasteiger partial charge is 0.303 e. The number of carboxylic acid groups (broad SMARTS) is 1. The second-order valence-corrected chi connectivity index (χ2v) is 7.37. The van der Waals surface area contributed by atoms with E-state index >= 15 is 0 Å². The number of hydrogen-bond donors (Lipinski definition) is 2. The van der Waals surface area contributed by atoms with Crippen molar-refractivity contribution < 1.29 is 14.7 Å². The van der Waals surface area contributed by atoms with Gasteiger partial charge in [0.05, 0.1) is 4.88 Å². The van der Waals surface area contributed by atoms with Crippen LogP contribution in [0.15, 0.2) is 48.5 Å². The number of fused-ring (bicyclic) bond motifs is 1. The Labute approximate surface area is 156 Å². The van der Waals surface area contributed by atoms with Crippen LogP contribution in [0.2, 0.25) is 0 Å². The lowest BCUT2D eigenvalue weighted by Gasteiger charge is -2.07. The lowest BCUT2D eigenvalue weighted by molar-refractivity contribution is -0.137. The average molecular weight is 367 g/mol. The van der Waals surface area contributed by atoms with Gasteiger partial charge in [-0.15, -0.1) is 11.3 Å². The van der Waals surface area contributed by atoms with Crippen LogP contribution in [0, 0.1) is 6.92 Å². The van der Waals surface area contributed by atoms with E-state index in [-0.39, 0.29) is 12.3 Å². The first kappa shape index (κ1) is 18.1. The molecule has 0 atom stereocenters. The molecule has 1 amide bonds. The van der Waals surface area contributed by atoms with E-state index in [4.69, 9.17) is 5.11 Å². The van der Waals surface area contributed by atoms with E-state index in [2.05, 4.69) is 42.6 Å². The number of thiophene rings is 1. The fraction of sp³-hybridized carbons (Fsp3) is 0.238. The minimum absolute atomic E-state index is 0.0585. The van der Waals surface area contributed by atoms with Gasteiger partial charge in [0, 0.05) is 17.7 Å². The van der Waals surface area contributed by atoms with E-state index in [9.17, 15) is 9.59 Å². The van der Waals surface area contributed by atoms with E-state index in [1.54, 1.807) is 0 Å². The van der Waals surface area contributed by atoms with Crippen molar-refractivity contribution in [3.63, 3.8) is 0 Å². The number of aliphatic carboxylic acids is 1. The van der Waals surface area contributed by atoms with Gasteiger partial charge in [-0.05, 0) is 42.3 Å². The Balaban J connectivity index is 1.85. The molecule has 0 aliphatic carbocycles. The summed E-state index contributed by atoms with van der Waals surface area (Å²) in [6.07, 6.45) is 1.18. The molecule has 0 spiro atoms. The maximum absolute atomic E-state index is 12.7. The molecular formula is C21H21NO3S. The summed E-state index contributed by atoms with van der Waals surface area (Å²) in [6, 6.07) is 16.4. The zero-order valence-corrected chi connectivity index (χ0v) is 15.4. The number of aryl methyl sites for hydroxylation is 1. The molecule has 4 nitrogen and oxygen atoms in total. The largest absolute Gasteiger partial charge is 0.481 e. The molecule has 0 radical (unpaired) electrons. The second kappa shape index (κ2) is 8.15. The normalized spacial score (nSPS) is 10.8. The first-order chi connectivity index (χ1) is 12.5. The Kier molecular flexibility index (Phi) is 5.68. The number of nitrogens with one attached hydrogen (secondary N) is 1. The van der Waals surface area contributed by atoms with E-state index in [0.29, 0.717) is 24.3 Å². The Hall–Kier alpha value is -2.66. The van der Waals surface area contributed by atoms with Crippen LogP contribution in [-0.2, 0) is 11.2 Å². The molecule has 1 heterocycles. The molecule has 0 aliphatic heterocycles.